The molecule has 0 saturated heterocycles. The number of nitrogens with zero attached hydrogens (tertiary/aromatic N) is 1. The zero-order valence-corrected chi connectivity index (χ0v) is 24.0. The molecule has 0 saturated carbocycles. The number of carboxylic acids is 1. The van der Waals surface area contributed by atoms with E-state index in [1.165, 1.54) is 77.0 Å². The van der Waals surface area contributed by atoms with Crippen LogP contribution in [0, 0.1) is 11.8 Å². The molecule has 0 aromatic heterocycles. The molecule has 0 radical (unpaired) electrons. The molecule has 0 aromatic carbocycles. The van der Waals surface area contributed by atoms with Crippen LogP contribution in [0.4, 0.5) is 0 Å². The maximum atomic E-state index is 10.7. The first-order valence-electron chi connectivity index (χ1n) is 13.8. The number of hydrogen-bond acceptors (Lipinski definition) is 4. The first-order valence-corrected chi connectivity index (χ1v) is 13.8. The Bertz CT molecular complexity index is 469. The van der Waals surface area contributed by atoms with Gasteiger partial charge in [-0.25, -0.2) is 0 Å². The van der Waals surface area contributed by atoms with Crippen molar-refractivity contribution in [2.75, 3.05) is 34.9 Å². The molecule has 34 heavy (non-hydrogen) atoms. The van der Waals surface area contributed by atoms with Gasteiger partial charge in [-0.3, -0.25) is 9.69 Å². The zero-order valence-electron chi connectivity index (χ0n) is 24.0. The molecule has 2 atom stereocenters. The van der Waals surface area contributed by atoms with Gasteiger partial charge in [0.1, 0.15) is 5.72 Å². The third kappa shape index (κ3) is 18.4. The molecule has 1 N–H and O–H groups in total. The van der Waals surface area contributed by atoms with Crippen molar-refractivity contribution in [2.45, 2.75) is 123 Å². The summed E-state index contributed by atoms with van der Waals surface area (Å²) in [5.74, 6) is -0.433. The summed E-state index contributed by atoms with van der Waals surface area (Å²) in [6, 6.07) is 0. The molecular formula is C29H59NO4. The first-order chi connectivity index (χ1) is 16.2. The number of rotatable bonds is 21. The number of aliphatic carboxylic acids is 1. The van der Waals surface area contributed by atoms with Gasteiger partial charge in [-0.05, 0) is 52.1 Å². The van der Waals surface area contributed by atoms with E-state index in [2.05, 4.69) is 37.8 Å². The molecule has 5 heteroatoms. The minimum absolute atomic E-state index is 0.176. The Morgan fingerprint density at radius 2 is 1.32 bits per heavy atom. The molecule has 5 nitrogen and oxygen atoms in total. The second-order valence-electron chi connectivity index (χ2n) is 10.1. The van der Waals surface area contributed by atoms with Gasteiger partial charge in [-0.2, -0.15) is 0 Å². The Labute approximate surface area is 212 Å². The number of likely N-dealkylation sites (N-methyl/N-ethyl adjacent to an activating group) is 1. The fourth-order valence-electron chi connectivity index (χ4n) is 4.14. The number of unbranched alkanes of at least 4 members (excludes halogenated alkanes) is 11. The topological polar surface area (TPSA) is 59.0 Å². The van der Waals surface area contributed by atoms with Crippen LogP contribution in [-0.4, -0.2) is 56.6 Å². The highest BCUT2D eigenvalue weighted by Gasteiger charge is 2.36. The number of allylic oxidation sites excluding steroid dienone is 2. The van der Waals surface area contributed by atoms with Gasteiger partial charge in [0, 0.05) is 14.2 Å². The SMILES string of the molecule is CCCCCCCCC=CCCCCCCCC(C)C(=O)O.COCC(OC)(C(C)C)N(C)C. The van der Waals surface area contributed by atoms with Crippen LogP contribution in [0.15, 0.2) is 12.2 Å². The average molecular weight is 486 g/mol. The third-order valence-electron chi connectivity index (χ3n) is 6.68. The highest BCUT2D eigenvalue weighted by atomic mass is 16.5. The lowest BCUT2D eigenvalue weighted by molar-refractivity contribution is -0.178. The smallest absolute Gasteiger partial charge is 0.306 e. The molecule has 204 valence electrons. The fraction of sp³-hybridized carbons (Fsp3) is 0.897. The Kier molecular flexibility index (Phi) is 24.7. The standard InChI is InChI=1S/C20H38O2.C9H21NO2/c1-3-4-5-6-7-8-9-10-11-12-13-14-15-16-17-18-19(2)20(21)22;1-8(2)9(12-6,7-11-5)10(3)4/h10-11,19H,3-9,12-18H2,1-2H3,(H,21,22);8H,7H2,1-6H3. The van der Waals surface area contributed by atoms with E-state index in [1.807, 2.05) is 14.1 Å². The van der Waals surface area contributed by atoms with Crippen molar-refractivity contribution in [3.63, 3.8) is 0 Å². The van der Waals surface area contributed by atoms with E-state index in [1.54, 1.807) is 21.1 Å². The van der Waals surface area contributed by atoms with E-state index < -0.39 is 5.97 Å². The van der Waals surface area contributed by atoms with Crippen molar-refractivity contribution in [3.8, 4) is 0 Å². The molecule has 0 rings (SSSR count). The molecule has 0 spiro atoms. The van der Waals surface area contributed by atoms with E-state index >= 15 is 0 Å². The highest BCUT2D eigenvalue weighted by Crippen LogP contribution is 2.23. The lowest BCUT2D eigenvalue weighted by Gasteiger charge is -2.41. The predicted molar refractivity (Wildman–Crippen MR) is 146 cm³/mol. The van der Waals surface area contributed by atoms with Crippen LogP contribution in [0.1, 0.15) is 118 Å². The number of ether oxygens (including phenoxy) is 2. The maximum Gasteiger partial charge on any atom is 0.306 e. The fourth-order valence-corrected chi connectivity index (χ4v) is 4.14. The van der Waals surface area contributed by atoms with Gasteiger partial charge in [-0.1, -0.05) is 97.6 Å². The van der Waals surface area contributed by atoms with E-state index in [0.29, 0.717) is 12.5 Å². The minimum Gasteiger partial charge on any atom is -0.481 e. The van der Waals surface area contributed by atoms with Gasteiger partial charge >= 0.3 is 5.97 Å². The summed E-state index contributed by atoms with van der Waals surface area (Å²) in [6.07, 6.45) is 22.3. The van der Waals surface area contributed by atoms with Crippen LogP contribution in [-0.2, 0) is 14.3 Å². The lowest BCUT2D eigenvalue weighted by Crippen LogP contribution is -2.53. The summed E-state index contributed by atoms with van der Waals surface area (Å²) < 4.78 is 10.7. The number of hydrogen-bond donors (Lipinski definition) is 1. The monoisotopic (exact) mass is 485 g/mol. The molecular weight excluding hydrogens is 426 g/mol. The van der Waals surface area contributed by atoms with Gasteiger partial charge in [0.2, 0.25) is 0 Å². The van der Waals surface area contributed by atoms with Gasteiger partial charge < -0.3 is 14.6 Å². The minimum atomic E-state index is -0.657. The molecule has 0 heterocycles. The molecule has 0 aliphatic carbocycles. The number of carboxylic acid groups (broad SMARTS) is 1. The Morgan fingerprint density at radius 3 is 1.68 bits per heavy atom. The van der Waals surface area contributed by atoms with Crippen LogP contribution in [0.3, 0.4) is 0 Å². The normalized spacial score (nSPS) is 14.3. The summed E-state index contributed by atoms with van der Waals surface area (Å²) >= 11 is 0. The quantitative estimate of drug-likeness (QED) is 0.102. The molecule has 0 fully saturated rings. The Hall–Kier alpha value is -0.910. The van der Waals surface area contributed by atoms with E-state index in [-0.39, 0.29) is 11.6 Å². The summed E-state index contributed by atoms with van der Waals surface area (Å²) in [6.45, 7) is 8.91. The number of carbonyl (C=O) groups is 1. The van der Waals surface area contributed by atoms with Crippen molar-refractivity contribution in [1.29, 1.82) is 0 Å². The summed E-state index contributed by atoms with van der Waals surface area (Å²) in [4.78, 5) is 12.7. The van der Waals surface area contributed by atoms with Crippen molar-refractivity contribution in [3.05, 3.63) is 12.2 Å². The molecule has 2 unspecified atom stereocenters. The summed E-state index contributed by atoms with van der Waals surface area (Å²) in [7, 11) is 7.42. The van der Waals surface area contributed by atoms with Crippen LogP contribution >= 0.6 is 0 Å². The number of methoxy groups -OCH3 is 2. The Balaban J connectivity index is 0. The summed E-state index contributed by atoms with van der Waals surface area (Å²) in [5.41, 5.74) is -0.297. The highest BCUT2D eigenvalue weighted by molar-refractivity contribution is 5.69. The molecule has 0 amide bonds. The predicted octanol–water partition coefficient (Wildman–Crippen LogP) is 7.94. The summed E-state index contributed by atoms with van der Waals surface area (Å²) in [5, 5.41) is 8.79. The zero-order chi connectivity index (χ0) is 26.2. The van der Waals surface area contributed by atoms with Crippen LogP contribution in [0.5, 0.6) is 0 Å². The molecule has 0 bridgehead atoms. The van der Waals surface area contributed by atoms with E-state index in [0.717, 1.165) is 12.8 Å². The Morgan fingerprint density at radius 1 is 0.853 bits per heavy atom. The second-order valence-corrected chi connectivity index (χ2v) is 10.1. The van der Waals surface area contributed by atoms with E-state index in [9.17, 15) is 4.79 Å². The average Bonchev–Trinajstić information content (AvgIpc) is 2.79. The van der Waals surface area contributed by atoms with Crippen molar-refractivity contribution in [1.82, 2.24) is 4.90 Å². The second kappa shape index (κ2) is 23.8. The van der Waals surface area contributed by atoms with E-state index in [4.69, 9.17) is 14.6 Å². The van der Waals surface area contributed by atoms with Crippen molar-refractivity contribution < 1.29 is 19.4 Å². The maximum absolute atomic E-state index is 10.7. The first kappa shape index (κ1) is 35.3. The van der Waals surface area contributed by atoms with Crippen molar-refractivity contribution >= 4 is 5.97 Å². The molecule has 0 aliphatic heterocycles. The van der Waals surface area contributed by atoms with Gasteiger partial charge in [-0.15, -0.1) is 0 Å². The van der Waals surface area contributed by atoms with Crippen LogP contribution < -0.4 is 0 Å². The van der Waals surface area contributed by atoms with Gasteiger partial charge in [0.05, 0.1) is 12.5 Å². The third-order valence-corrected chi connectivity index (χ3v) is 6.68. The molecule has 0 aromatic rings. The van der Waals surface area contributed by atoms with Crippen LogP contribution in [0.2, 0.25) is 0 Å². The van der Waals surface area contributed by atoms with Crippen LogP contribution in [0.25, 0.3) is 0 Å². The van der Waals surface area contributed by atoms with Gasteiger partial charge in [0.15, 0.2) is 0 Å². The molecule has 0 aliphatic rings. The largest absolute Gasteiger partial charge is 0.481 e. The van der Waals surface area contributed by atoms with Gasteiger partial charge in [0.25, 0.3) is 0 Å². The lowest BCUT2D eigenvalue weighted by atomic mass is 9.99. The van der Waals surface area contributed by atoms with Crippen molar-refractivity contribution in [2.24, 2.45) is 11.8 Å².